The fourth-order valence-electron chi connectivity index (χ4n) is 3.23. The number of primary amides is 1. The highest BCUT2D eigenvalue weighted by Crippen LogP contribution is 2.28. The number of nitrogens with zero attached hydrogens (tertiary/aromatic N) is 2. The van der Waals surface area contributed by atoms with Crippen molar-refractivity contribution in [1.82, 2.24) is 4.98 Å². The van der Waals surface area contributed by atoms with Crippen molar-refractivity contribution in [1.29, 1.82) is 0 Å². The topological polar surface area (TPSA) is 68.5 Å². The van der Waals surface area contributed by atoms with Gasteiger partial charge in [-0.25, -0.2) is 13.8 Å². The fourth-order valence-corrected chi connectivity index (χ4v) is 3.23. The molecule has 0 aliphatic carbocycles. The molecule has 1 amide bonds. The van der Waals surface area contributed by atoms with Gasteiger partial charge in [-0.3, -0.25) is 4.79 Å². The number of ether oxygens (including phenoxy) is 1. The second-order valence-electron chi connectivity index (χ2n) is 8.00. The smallest absolute Gasteiger partial charge is 0.250 e. The number of halogens is 2. The summed E-state index contributed by atoms with van der Waals surface area (Å²) < 4.78 is 34.5. The Bertz CT molecular complexity index is 1020. The highest BCUT2D eigenvalue weighted by Gasteiger charge is 2.16. The van der Waals surface area contributed by atoms with Gasteiger partial charge in [0.1, 0.15) is 0 Å². The van der Waals surface area contributed by atoms with Crippen LogP contribution in [0.5, 0.6) is 11.6 Å². The highest BCUT2D eigenvalue weighted by molar-refractivity contribution is 5.92. The van der Waals surface area contributed by atoms with Crippen LogP contribution >= 0.6 is 0 Å². The molecule has 0 fully saturated rings. The van der Waals surface area contributed by atoms with Crippen LogP contribution in [0, 0.1) is 17.6 Å². The monoisotopic (exact) mass is 439 g/mol. The first-order valence-electron chi connectivity index (χ1n) is 10.5. The largest absolute Gasteiger partial charge is 0.433 e. The van der Waals surface area contributed by atoms with Crippen molar-refractivity contribution in [3.63, 3.8) is 0 Å². The molecule has 0 saturated heterocycles. The van der Waals surface area contributed by atoms with Crippen LogP contribution in [0.1, 0.15) is 36.2 Å². The molecule has 5 nitrogen and oxygen atoms in total. The van der Waals surface area contributed by atoms with Crippen LogP contribution < -0.4 is 15.4 Å². The van der Waals surface area contributed by atoms with Crippen LogP contribution in [-0.2, 0) is 6.42 Å². The minimum atomic E-state index is -0.811. The van der Waals surface area contributed by atoms with E-state index in [9.17, 15) is 13.6 Å². The van der Waals surface area contributed by atoms with E-state index in [1.807, 2.05) is 30.3 Å². The van der Waals surface area contributed by atoms with Crippen LogP contribution in [-0.4, -0.2) is 24.0 Å². The summed E-state index contributed by atoms with van der Waals surface area (Å²) in [6.45, 7) is 5.83. The highest BCUT2D eigenvalue weighted by atomic mass is 19.1. The number of anilines is 1. The number of aromatic nitrogens is 1. The molecule has 1 heterocycles. The minimum Gasteiger partial charge on any atom is -0.433 e. The van der Waals surface area contributed by atoms with Crippen molar-refractivity contribution in [2.75, 3.05) is 18.0 Å². The minimum absolute atomic E-state index is 0.0375. The van der Waals surface area contributed by atoms with Gasteiger partial charge in [-0.05, 0) is 54.7 Å². The Morgan fingerprint density at radius 1 is 1.06 bits per heavy atom. The van der Waals surface area contributed by atoms with E-state index in [1.54, 1.807) is 0 Å². The number of hydrogen-bond acceptors (Lipinski definition) is 4. The van der Waals surface area contributed by atoms with Gasteiger partial charge in [0.15, 0.2) is 11.6 Å². The maximum Gasteiger partial charge on any atom is 0.250 e. The predicted molar refractivity (Wildman–Crippen MR) is 121 cm³/mol. The van der Waals surface area contributed by atoms with Crippen LogP contribution in [0.25, 0.3) is 0 Å². The Balaban J connectivity index is 1.71. The van der Waals surface area contributed by atoms with E-state index in [0.29, 0.717) is 24.4 Å². The summed E-state index contributed by atoms with van der Waals surface area (Å²) in [7, 11) is 0. The van der Waals surface area contributed by atoms with Crippen molar-refractivity contribution < 1.29 is 18.3 Å². The molecule has 2 aromatic carbocycles. The molecule has 0 atom stereocenters. The SMILES string of the molecule is CC(C)CCN(CCc1cc(F)c(Oc2ccc(C(N)=O)cn2)c(F)c1)c1ccccc1. The van der Waals surface area contributed by atoms with E-state index in [1.165, 1.54) is 30.5 Å². The molecular formula is C25H27F2N3O2. The number of nitrogens with two attached hydrogens (primary N) is 1. The number of amides is 1. The van der Waals surface area contributed by atoms with Gasteiger partial charge in [0.2, 0.25) is 17.5 Å². The van der Waals surface area contributed by atoms with Crippen LogP contribution in [0.15, 0.2) is 60.8 Å². The Morgan fingerprint density at radius 2 is 1.75 bits per heavy atom. The molecule has 0 aliphatic heterocycles. The van der Waals surface area contributed by atoms with Crippen molar-refractivity contribution in [3.8, 4) is 11.6 Å². The van der Waals surface area contributed by atoms with Gasteiger partial charge < -0.3 is 15.4 Å². The van der Waals surface area contributed by atoms with E-state index >= 15 is 0 Å². The Labute approximate surface area is 186 Å². The first kappa shape index (κ1) is 23.2. The molecule has 0 spiro atoms. The third-order valence-corrected chi connectivity index (χ3v) is 5.05. The lowest BCUT2D eigenvalue weighted by Crippen LogP contribution is -2.27. The van der Waals surface area contributed by atoms with Gasteiger partial charge in [0, 0.05) is 31.0 Å². The van der Waals surface area contributed by atoms with Crippen molar-refractivity contribution >= 4 is 11.6 Å². The van der Waals surface area contributed by atoms with E-state index in [2.05, 4.69) is 23.7 Å². The summed E-state index contributed by atoms with van der Waals surface area (Å²) in [5, 5.41) is 0. The lowest BCUT2D eigenvalue weighted by Gasteiger charge is -2.26. The van der Waals surface area contributed by atoms with Gasteiger partial charge in [0.25, 0.3) is 0 Å². The molecule has 0 unspecified atom stereocenters. The molecule has 2 N–H and O–H groups in total. The third kappa shape index (κ3) is 6.26. The standard InChI is InChI=1S/C25H27F2N3O2/c1-17(2)10-12-30(20-6-4-3-5-7-20)13-11-18-14-21(26)24(22(27)15-18)32-23-9-8-19(16-29-23)25(28)31/h3-9,14-17H,10-13H2,1-2H3,(H2,28,31). The Kier molecular flexibility index (Phi) is 7.76. The number of carbonyl (C=O) groups excluding carboxylic acids is 1. The molecule has 32 heavy (non-hydrogen) atoms. The average Bonchev–Trinajstić information content (AvgIpc) is 2.77. The fraction of sp³-hybridized carbons (Fsp3) is 0.280. The number of pyridine rings is 1. The van der Waals surface area contributed by atoms with E-state index in [0.717, 1.165) is 18.7 Å². The molecule has 1 aromatic heterocycles. The van der Waals surface area contributed by atoms with E-state index in [-0.39, 0.29) is 11.4 Å². The Morgan fingerprint density at radius 3 is 2.31 bits per heavy atom. The second-order valence-corrected chi connectivity index (χ2v) is 8.00. The molecule has 0 radical (unpaired) electrons. The van der Waals surface area contributed by atoms with Crippen molar-refractivity contribution in [2.24, 2.45) is 11.7 Å². The molecular weight excluding hydrogens is 412 g/mol. The third-order valence-electron chi connectivity index (χ3n) is 5.05. The van der Waals surface area contributed by atoms with Gasteiger partial charge in [-0.15, -0.1) is 0 Å². The molecule has 7 heteroatoms. The molecule has 0 aliphatic rings. The number of rotatable bonds is 10. The molecule has 168 valence electrons. The number of benzene rings is 2. The lowest BCUT2D eigenvalue weighted by atomic mass is 10.1. The number of carbonyl (C=O) groups is 1. The summed E-state index contributed by atoms with van der Waals surface area (Å²) in [6, 6.07) is 15.3. The van der Waals surface area contributed by atoms with E-state index in [4.69, 9.17) is 10.5 Å². The molecule has 3 rings (SSSR count). The summed E-state index contributed by atoms with van der Waals surface area (Å²) in [6.07, 6.45) is 2.69. The summed E-state index contributed by atoms with van der Waals surface area (Å²) >= 11 is 0. The quantitative estimate of drug-likeness (QED) is 0.463. The van der Waals surface area contributed by atoms with Crippen LogP contribution in [0.3, 0.4) is 0 Å². The van der Waals surface area contributed by atoms with Gasteiger partial charge >= 0.3 is 0 Å². The predicted octanol–water partition coefficient (Wildman–Crippen LogP) is 5.35. The normalized spacial score (nSPS) is 10.9. The average molecular weight is 440 g/mol. The zero-order valence-corrected chi connectivity index (χ0v) is 18.2. The Hall–Kier alpha value is -3.48. The molecule has 0 bridgehead atoms. The molecule has 3 aromatic rings. The zero-order valence-electron chi connectivity index (χ0n) is 18.2. The first-order valence-corrected chi connectivity index (χ1v) is 10.5. The second kappa shape index (κ2) is 10.7. The number of para-hydroxylation sites is 1. The maximum atomic E-state index is 14.6. The first-order chi connectivity index (χ1) is 15.3. The van der Waals surface area contributed by atoms with Crippen LogP contribution in [0.4, 0.5) is 14.5 Å². The zero-order chi connectivity index (χ0) is 23.1. The molecule has 0 saturated carbocycles. The van der Waals surface area contributed by atoms with Crippen molar-refractivity contribution in [3.05, 3.63) is 83.6 Å². The van der Waals surface area contributed by atoms with Crippen molar-refractivity contribution in [2.45, 2.75) is 26.7 Å². The van der Waals surface area contributed by atoms with Crippen LogP contribution in [0.2, 0.25) is 0 Å². The summed E-state index contributed by atoms with van der Waals surface area (Å²) in [5.74, 6) is -2.29. The van der Waals surface area contributed by atoms with E-state index < -0.39 is 23.3 Å². The number of hydrogen-bond donors (Lipinski definition) is 1. The maximum absolute atomic E-state index is 14.6. The lowest BCUT2D eigenvalue weighted by molar-refractivity contribution is 0.1000. The summed E-state index contributed by atoms with van der Waals surface area (Å²) in [5.41, 5.74) is 6.95. The van der Waals surface area contributed by atoms with Gasteiger partial charge in [0.05, 0.1) is 5.56 Å². The summed E-state index contributed by atoms with van der Waals surface area (Å²) in [4.78, 5) is 17.2. The van der Waals surface area contributed by atoms with Gasteiger partial charge in [-0.1, -0.05) is 32.0 Å². The van der Waals surface area contributed by atoms with Gasteiger partial charge in [-0.2, -0.15) is 0 Å².